The summed E-state index contributed by atoms with van der Waals surface area (Å²) in [6, 6.07) is 7.29. The van der Waals surface area contributed by atoms with E-state index in [9.17, 15) is 4.79 Å². The molecular weight excluding hydrogens is 238 g/mol. The van der Waals surface area contributed by atoms with Crippen LogP contribution in [0.25, 0.3) is 0 Å². The Balaban J connectivity index is 2.47. The Morgan fingerprint density at radius 1 is 1.16 bits per heavy atom. The van der Waals surface area contributed by atoms with Crippen molar-refractivity contribution in [1.82, 2.24) is 0 Å². The van der Waals surface area contributed by atoms with Crippen molar-refractivity contribution in [3.8, 4) is 0 Å². The van der Waals surface area contributed by atoms with E-state index in [1.807, 2.05) is 12.1 Å². The molecule has 0 spiro atoms. The molecule has 104 valence electrons. The van der Waals surface area contributed by atoms with Crippen LogP contribution in [0.15, 0.2) is 24.3 Å². The molecule has 0 saturated carbocycles. The summed E-state index contributed by atoms with van der Waals surface area (Å²) < 4.78 is 0. The highest BCUT2D eigenvalue weighted by molar-refractivity contribution is 5.89. The van der Waals surface area contributed by atoms with Crippen molar-refractivity contribution in [1.29, 1.82) is 0 Å². The monoisotopic (exact) mass is 261 g/mol. The Kier molecular flexibility index (Phi) is 3.33. The molecule has 1 saturated heterocycles. The molecule has 0 atom stereocenters. The maximum absolute atomic E-state index is 11.1. The second-order valence-electron chi connectivity index (χ2n) is 6.67. The van der Waals surface area contributed by atoms with Gasteiger partial charge >= 0.3 is 5.97 Å². The smallest absolute Gasteiger partial charge is 0.335 e. The van der Waals surface area contributed by atoms with Gasteiger partial charge in [-0.15, -0.1) is 0 Å². The van der Waals surface area contributed by atoms with Crippen molar-refractivity contribution in [2.75, 3.05) is 4.90 Å². The first-order valence-electron chi connectivity index (χ1n) is 6.88. The van der Waals surface area contributed by atoms with Gasteiger partial charge in [-0.3, -0.25) is 0 Å². The van der Waals surface area contributed by atoms with E-state index in [4.69, 9.17) is 5.11 Å². The Morgan fingerprint density at radius 3 is 2.26 bits per heavy atom. The molecule has 0 unspecified atom stereocenters. The van der Waals surface area contributed by atoms with Gasteiger partial charge in [-0.1, -0.05) is 6.07 Å². The van der Waals surface area contributed by atoms with Crippen LogP contribution >= 0.6 is 0 Å². The van der Waals surface area contributed by atoms with E-state index in [0.717, 1.165) is 18.5 Å². The summed E-state index contributed by atoms with van der Waals surface area (Å²) in [5, 5.41) is 9.15. The Morgan fingerprint density at radius 2 is 1.74 bits per heavy atom. The summed E-state index contributed by atoms with van der Waals surface area (Å²) in [6.07, 6.45) is 3.48. The third-order valence-electron chi connectivity index (χ3n) is 4.14. The third kappa shape index (κ3) is 2.60. The first-order chi connectivity index (χ1) is 8.74. The molecule has 0 aliphatic carbocycles. The largest absolute Gasteiger partial charge is 0.478 e. The maximum atomic E-state index is 11.1. The second-order valence-corrected chi connectivity index (χ2v) is 6.67. The lowest BCUT2D eigenvalue weighted by molar-refractivity contribution is 0.0696. The summed E-state index contributed by atoms with van der Waals surface area (Å²) in [5.74, 6) is -0.866. The van der Waals surface area contributed by atoms with Gasteiger partial charge in [0, 0.05) is 16.8 Å². The van der Waals surface area contributed by atoms with Crippen LogP contribution in [0, 0.1) is 0 Å². The van der Waals surface area contributed by atoms with Gasteiger partial charge in [0.15, 0.2) is 0 Å². The van der Waals surface area contributed by atoms with Crippen molar-refractivity contribution in [2.24, 2.45) is 0 Å². The minimum atomic E-state index is -0.866. The van der Waals surface area contributed by atoms with Crippen molar-refractivity contribution in [3.05, 3.63) is 29.8 Å². The Labute approximate surface area is 115 Å². The molecule has 3 nitrogen and oxygen atoms in total. The van der Waals surface area contributed by atoms with Gasteiger partial charge in [-0.25, -0.2) is 4.79 Å². The maximum Gasteiger partial charge on any atom is 0.335 e. The normalized spacial score (nSPS) is 21.2. The van der Waals surface area contributed by atoms with E-state index < -0.39 is 5.97 Å². The van der Waals surface area contributed by atoms with Gasteiger partial charge in [0.05, 0.1) is 5.56 Å². The lowest BCUT2D eigenvalue weighted by atomic mass is 9.79. The number of aromatic carboxylic acids is 1. The zero-order valence-corrected chi connectivity index (χ0v) is 12.2. The van der Waals surface area contributed by atoms with Crippen molar-refractivity contribution >= 4 is 11.7 Å². The minimum absolute atomic E-state index is 0.0544. The van der Waals surface area contributed by atoms with E-state index in [1.54, 1.807) is 12.1 Å². The zero-order chi connectivity index (χ0) is 14.3. The molecule has 2 rings (SSSR count). The summed E-state index contributed by atoms with van der Waals surface area (Å²) in [4.78, 5) is 13.5. The zero-order valence-electron chi connectivity index (χ0n) is 12.2. The van der Waals surface area contributed by atoms with E-state index in [-0.39, 0.29) is 11.1 Å². The lowest BCUT2D eigenvalue weighted by Gasteiger charge is -2.54. The number of hydrogen-bond donors (Lipinski definition) is 1. The number of piperidine rings is 1. The summed E-state index contributed by atoms with van der Waals surface area (Å²) >= 11 is 0. The molecule has 0 amide bonds. The van der Waals surface area contributed by atoms with Gasteiger partial charge < -0.3 is 10.0 Å². The fourth-order valence-corrected chi connectivity index (χ4v) is 3.47. The highest BCUT2D eigenvalue weighted by Crippen LogP contribution is 2.41. The number of carbonyl (C=O) groups is 1. The van der Waals surface area contributed by atoms with Crippen LogP contribution in [0.4, 0.5) is 5.69 Å². The van der Waals surface area contributed by atoms with Crippen LogP contribution in [0.5, 0.6) is 0 Å². The Bertz CT molecular complexity index is 475. The first kappa shape index (κ1) is 13.9. The number of carboxylic acids is 1. The second kappa shape index (κ2) is 4.55. The summed E-state index contributed by atoms with van der Waals surface area (Å²) in [6.45, 7) is 8.95. The summed E-state index contributed by atoms with van der Waals surface area (Å²) in [5.41, 5.74) is 1.47. The molecule has 19 heavy (non-hydrogen) atoms. The molecule has 0 aromatic heterocycles. The number of hydrogen-bond acceptors (Lipinski definition) is 2. The standard InChI is InChI=1S/C16H23NO2/c1-15(2)9-6-10-16(3,4)17(15)13-8-5-7-12(11-13)14(18)19/h5,7-8,11H,6,9-10H2,1-4H3,(H,18,19). The van der Waals surface area contributed by atoms with Crippen LogP contribution in [-0.4, -0.2) is 22.2 Å². The molecule has 1 N–H and O–H groups in total. The van der Waals surface area contributed by atoms with E-state index in [0.29, 0.717) is 5.56 Å². The molecule has 1 aliphatic heterocycles. The van der Waals surface area contributed by atoms with E-state index in [2.05, 4.69) is 32.6 Å². The quantitative estimate of drug-likeness (QED) is 0.876. The van der Waals surface area contributed by atoms with E-state index in [1.165, 1.54) is 6.42 Å². The number of nitrogens with zero attached hydrogens (tertiary/aromatic N) is 1. The SMILES string of the molecule is CC1(C)CCCC(C)(C)N1c1cccc(C(=O)O)c1. The van der Waals surface area contributed by atoms with E-state index >= 15 is 0 Å². The van der Waals surface area contributed by atoms with Gasteiger partial charge in [0.25, 0.3) is 0 Å². The number of anilines is 1. The Hall–Kier alpha value is -1.51. The van der Waals surface area contributed by atoms with Crippen LogP contribution in [-0.2, 0) is 0 Å². The first-order valence-corrected chi connectivity index (χ1v) is 6.88. The van der Waals surface area contributed by atoms with Gasteiger partial charge in [-0.05, 0) is 65.2 Å². The lowest BCUT2D eigenvalue weighted by Crippen LogP contribution is -2.59. The molecule has 0 bridgehead atoms. The predicted octanol–water partition coefficient (Wildman–Crippen LogP) is 3.93. The minimum Gasteiger partial charge on any atom is -0.478 e. The number of carboxylic acid groups (broad SMARTS) is 1. The fourth-order valence-electron chi connectivity index (χ4n) is 3.47. The molecular formula is C16H23NO2. The van der Waals surface area contributed by atoms with Crippen molar-refractivity contribution < 1.29 is 9.90 Å². The van der Waals surface area contributed by atoms with Crippen LogP contribution in [0.3, 0.4) is 0 Å². The average Bonchev–Trinajstić information content (AvgIpc) is 2.26. The highest BCUT2D eigenvalue weighted by atomic mass is 16.4. The molecule has 1 aliphatic rings. The third-order valence-corrected chi connectivity index (χ3v) is 4.14. The molecule has 0 radical (unpaired) electrons. The van der Waals surface area contributed by atoms with Gasteiger partial charge in [-0.2, -0.15) is 0 Å². The van der Waals surface area contributed by atoms with Crippen LogP contribution in [0.2, 0.25) is 0 Å². The average molecular weight is 261 g/mol. The molecule has 1 fully saturated rings. The van der Waals surface area contributed by atoms with Gasteiger partial charge in [0.2, 0.25) is 0 Å². The molecule has 1 aromatic carbocycles. The summed E-state index contributed by atoms with van der Waals surface area (Å²) in [7, 11) is 0. The fraction of sp³-hybridized carbons (Fsp3) is 0.562. The molecule has 3 heteroatoms. The van der Waals surface area contributed by atoms with Crippen LogP contribution in [0.1, 0.15) is 57.3 Å². The van der Waals surface area contributed by atoms with Crippen molar-refractivity contribution in [2.45, 2.75) is 58.0 Å². The topological polar surface area (TPSA) is 40.5 Å². The number of benzene rings is 1. The molecule has 1 aromatic rings. The molecule has 1 heterocycles. The highest BCUT2D eigenvalue weighted by Gasteiger charge is 2.41. The van der Waals surface area contributed by atoms with Crippen LogP contribution < -0.4 is 4.90 Å². The van der Waals surface area contributed by atoms with Gasteiger partial charge in [0.1, 0.15) is 0 Å². The van der Waals surface area contributed by atoms with Crippen molar-refractivity contribution in [3.63, 3.8) is 0 Å². The number of rotatable bonds is 2. The predicted molar refractivity (Wildman–Crippen MR) is 77.9 cm³/mol.